The van der Waals surface area contributed by atoms with Gasteiger partial charge in [-0.25, -0.2) is 0 Å². The molecular formula is C12H28. The highest BCUT2D eigenvalue weighted by Crippen LogP contribution is 2.20. The van der Waals surface area contributed by atoms with E-state index < -0.39 is 0 Å². The molecule has 0 nitrogen and oxygen atoms in total. The third-order valence-corrected chi connectivity index (χ3v) is 2.61. The molecule has 0 aromatic heterocycles. The Kier molecular flexibility index (Phi) is 11.0. The molecule has 0 heterocycles. The Balaban J connectivity index is 0. The summed E-state index contributed by atoms with van der Waals surface area (Å²) in [7, 11) is 0. The Labute approximate surface area is 79.8 Å². The van der Waals surface area contributed by atoms with Crippen LogP contribution < -0.4 is 0 Å². The minimum atomic E-state index is 0.856. The third kappa shape index (κ3) is 8.10. The van der Waals surface area contributed by atoms with Gasteiger partial charge in [-0.3, -0.25) is 0 Å². The lowest BCUT2D eigenvalue weighted by Crippen LogP contribution is -2.08. The van der Waals surface area contributed by atoms with Crippen molar-refractivity contribution in [3.05, 3.63) is 0 Å². The van der Waals surface area contributed by atoms with Gasteiger partial charge < -0.3 is 0 Å². The summed E-state index contributed by atoms with van der Waals surface area (Å²) < 4.78 is 0. The lowest BCUT2D eigenvalue weighted by molar-refractivity contribution is 0.327. The number of hydrogen-bond donors (Lipinski definition) is 0. The molecule has 2 atom stereocenters. The molecule has 0 aromatic carbocycles. The second-order valence-corrected chi connectivity index (χ2v) is 3.97. The maximum absolute atomic E-state index is 2.36. The second kappa shape index (κ2) is 9.09. The Morgan fingerprint density at radius 3 is 1.58 bits per heavy atom. The van der Waals surface area contributed by atoms with Crippen molar-refractivity contribution in [3.63, 3.8) is 0 Å². The molecular weight excluding hydrogens is 144 g/mol. The minimum Gasteiger partial charge on any atom is -0.0683 e. The molecule has 0 spiro atoms. The van der Waals surface area contributed by atoms with Crippen LogP contribution in [0.25, 0.3) is 0 Å². The van der Waals surface area contributed by atoms with E-state index >= 15 is 0 Å². The van der Waals surface area contributed by atoms with Gasteiger partial charge in [-0.15, -0.1) is 0 Å². The third-order valence-electron chi connectivity index (χ3n) is 2.61. The van der Waals surface area contributed by atoms with Crippen LogP contribution in [0.2, 0.25) is 0 Å². The van der Waals surface area contributed by atoms with Crippen molar-refractivity contribution in [2.24, 2.45) is 17.8 Å². The molecule has 0 fully saturated rings. The van der Waals surface area contributed by atoms with Gasteiger partial charge >= 0.3 is 0 Å². The van der Waals surface area contributed by atoms with Crippen LogP contribution in [0.5, 0.6) is 0 Å². The van der Waals surface area contributed by atoms with Gasteiger partial charge in [-0.2, -0.15) is 0 Å². The summed E-state index contributed by atoms with van der Waals surface area (Å²) in [6.45, 7) is 15.6. The van der Waals surface area contributed by atoms with Crippen molar-refractivity contribution >= 4 is 0 Å². The summed E-state index contributed by atoms with van der Waals surface area (Å²) >= 11 is 0. The van der Waals surface area contributed by atoms with Crippen LogP contribution in [0.4, 0.5) is 0 Å². The lowest BCUT2D eigenvalue weighted by atomic mass is 9.88. The largest absolute Gasteiger partial charge is 0.0683 e. The maximum Gasteiger partial charge on any atom is -0.0417 e. The SMILES string of the molecule is CC.CCC(C)CC(C)C(C)C. The molecule has 0 aliphatic heterocycles. The van der Waals surface area contributed by atoms with Crippen LogP contribution >= 0.6 is 0 Å². The lowest BCUT2D eigenvalue weighted by Gasteiger charge is -2.18. The monoisotopic (exact) mass is 172 g/mol. The van der Waals surface area contributed by atoms with Crippen molar-refractivity contribution < 1.29 is 0 Å². The van der Waals surface area contributed by atoms with Gasteiger partial charge in [0.25, 0.3) is 0 Å². The van der Waals surface area contributed by atoms with E-state index in [4.69, 9.17) is 0 Å². The fourth-order valence-electron chi connectivity index (χ4n) is 1.07. The zero-order chi connectivity index (χ0) is 10.1. The fraction of sp³-hybridized carbons (Fsp3) is 1.00. The topological polar surface area (TPSA) is 0 Å². The zero-order valence-electron chi connectivity index (χ0n) is 10.1. The summed E-state index contributed by atoms with van der Waals surface area (Å²) in [5.41, 5.74) is 0. The van der Waals surface area contributed by atoms with Gasteiger partial charge in [-0.05, 0) is 24.2 Å². The Morgan fingerprint density at radius 1 is 0.917 bits per heavy atom. The van der Waals surface area contributed by atoms with Crippen molar-refractivity contribution in [3.8, 4) is 0 Å². The second-order valence-electron chi connectivity index (χ2n) is 3.97. The molecule has 12 heavy (non-hydrogen) atoms. The average Bonchev–Trinajstić information content (AvgIpc) is 2.07. The standard InChI is InChI=1S/C10H22.C2H6/c1-6-9(4)7-10(5)8(2)3;1-2/h8-10H,6-7H2,1-5H3;1-2H3. The Hall–Kier alpha value is 0. The van der Waals surface area contributed by atoms with Crippen LogP contribution in [0.1, 0.15) is 61.3 Å². The number of hydrogen-bond acceptors (Lipinski definition) is 0. The van der Waals surface area contributed by atoms with E-state index in [1.54, 1.807) is 0 Å². The normalized spacial score (nSPS) is 15.0. The quantitative estimate of drug-likeness (QED) is 0.574. The fourth-order valence-corrected chi connectivity index (χ4v) is 1.07. The van der Waals surface area contributed by atoms with Crippen molar-refractivity contribution in [1.29, 1.82) is 0 Å². The molecule has 2 unspecified atom stereocenters. The van der Waals surface area contributed by atoms with Crippen LogP contribution in [0, 0.1) is 17.8 Å². The molecule has 0 saturated heterocycles. The summed E-state index contributed by atoms with van der Waals surface area (Å²) in [6.07, 6.45) is 2.73. The minimum absolute atomic E-state index is 0.856. The van der Waals surface area contributed by atoms with Crippen molar-refractivity contribution in [2.45, 2.75) is 61.3 Å². The highest BCUT2D eigenvalue weighted by atomic mass is 14.2. The van der Waals surface area contributed by atoms with E-state index in [0.29, 0.717) is 0 Å². The van der Waals surface area contributed by atoms with Gasteiger partial charge in [0.2, 0.25) is 0 Å². The van der Waals surface area contributed by atoms with Gasteiger partial charge in [0.05, 0.1) is 0 Å². The average molecular weight is 172 g/mol. The molecule has 0 aromatic rings. The summed E-state index contributed by atoms with van der Waals surface area (Å²) in [4.78, 5) is 0. The molecule has 0 saturated carbocycles. The molecule has 0 aliphatic carbocycles. The first kappa shape index (κ1) is 14.5. The van der Waals surface area contributed by atoms with Crippen LogP contribution in [-0.2, 0) is 0 Å². The van der Waals surface area contributed by atoms with E-state index in [1.165, 1.54) is 12.8 Å². The van der Waals surface area contributed by atoms with Gasteiger partial charge in [0, 0.05) is 0 Å². The molecule has 0 bridgehead atoms. The Bertz CT molecular complexity index is 74.1. The Morgan fingerprint density at radius 2 is 1.33 bits per heavy atom. The molecule has 76 valence electrons. The first-order valence-corrected chi connectivity index (χ1v) is 5.57. The van der Waals surface area contributed by atoms with E-state index in [-0.39, 0.29) is 0 Å². The predicted octanol–water partition coefficient (Wildman–Crippen LogP) is 4.74. The van der Waals surface area contributed by atoms with E-state index in [2.05, 4.69) is 34.6 Å². The first-order chi connectivity index (χ1) is 5.57. The smallest absolute Gasteiger partial charge is 0.0417 e. The van der Waals surface area contributed by atoms with E-state index in [9.17, 15) is 0 Å². The van der Waals surface area contributed by atoms with Crippen LogP contribution in [0.3, 0.4) is 0 Å². The molecule has 0 aliphatic rings. The first-order valence-electron chi connectivity index (χ1n) is 5.57. The molecule has 0 N–H and O–H groups in total. The van der Waals surface area contributed by atoms with Crippen LogP contribution in [0.15, 0.2) is 0 Å². The summed E-state index contributed by atoms with van der Waals surface area (Å²) in [6, 6.07) is 0. The maximum atomic E-state index is 2.36. The predicted molar refractivity (Wildman–Crippen MR) is 59.4 cm³/mol. The molecule has 0 amide bonds. The van der Waals surface area contributed by atoms with Crippen molar-refractivity contribution in [1.82, 2.24) is 0 Å². The highest BCUT2D eigenvalue weighted by Gasteiger charge is 2.09. The number of rotatable bonds is 4. The van der Waals surface area contributed by atoms with Gasteiger partial charge in [-0.1, -0.05) is 54.9 Å². The van der Waals surface area contributed by atoms with Crippen molar-refractivity contribution in [2.75, 3.05) is 0 Å². The van der Waals surface area contributed by atoms with Gasteiger partial charge in [0.1, 0.15) is 0 Å². The zero-order valence-corrected chi connectivity index (χ0v) is 10.1. The summed E-state index contributed by atoms with van der Waals surface area (Å²) in [5.74, 6) is 2.67. The summed E-state index contributed by atoms with van der Waals surface area (Å²) in [5, 5.41) is 0. The van der Waals surface area contributed by atoms with E-state index in [0.717, 1.165) is 17.8 Å². The molecule has 0 radical (unpaired) electrons. The highest BCUT2D eigenvalue weighted by molar-refractivity contribution is 4.60. The van der Waals surface area contributed by atoms with E-state index in [1.807, 2.05) is 13.8 Å². The molecule has 0 heteroatoms. The molecule has 0 rings (SSSR count). The van der Waals surface area contributed by atoms with Crippen LogP contribution in [-0.4, -0.2) is 0 Å². The van der Waals surface area contributed by atoms with Gasteiger partial charge in [0.15, 0.2) is 0 Å².